The van der Waals surface area contributed by atoms with Crippen molar-refractivity contribution in [2.24, 2.45) is 5.41 Å². The number of nitrogens with zero attached hydrogens (tertiary/aromatic N) is 2. The number of piperidine rings is 1. The molecular weight excluding hydrogens is 483 g/mol. The zero-order chi connectivity index (χ0) is 24.8. The van der Waals surface area contributed by atoms with Crippen molar-refractivity contribution in [3.63, 3.8) is 0 Å². The smallest absolute Gasteiger partial charge is 0.303 e. The number of hydrogen-bond donors (Lipinski definition) is 1. The van der Waals surface area contributed by atoms with Crippen molar-refractivity contribution < 1.29 is 19.0 Å². The molecule has 1 atom stereocenters. The first-order valence-corrected chi connectivity index (χ1v) is 13.9. The number of fused-ring (bicyclic) bond motifs is 1. The molecule has 1 aliphatic heterocycles. The van der Waals surface area contributed by atoms with Gasteiger partial charge in [-0.05, 0) is 91.9 Å². The van der Waals surface area contributed by atoms with Gasteiger partial charge in [-0.2, -0.15) is 0 Å². The second-order valence-corrected chi connectivity index (χ2v) is 11.8. The van der Waals surface area contributed by atoms with Crippen LogP contribution >= 0.6 is 23.1 Å². The molecule has 8 heteroatoms. The van der Waals surface area contributed by atoms with Gasteiger partial charge in [0.25, 0.3) is 0 Å². The highest BCUT2D eigenvalue weighted by Gasteiger charge is 2.37. The number of aryl methyl sites for hydroxylation is 1. The van der Waals surface area contributed by atoms with Crippen molar-refractivity contribution in [2.45, 2.75) is 49.4 Å². The molecule has 1 aliphatic rings. The van der Waals surface area contributed by atoms with Crippen LogP contribution in [0.5, 0.6) is 5.75 Å². The van der Waals surface area contributed by atoms with Crippen molar-refractivity contribution in [3.8, 4) is 5.75 Å². The van der Waals surface area contributed by atoms with E-state index in [1.54, 1.807) is 24.6 Å². The Labute approximate surface area is 214 Å². The van der Waals surface area contributed by atoms with Crippen LogP contribution in [0.15, 0.2) is 46.1 Å². The number of ether oxygens (including phenoxy) is 1. The van der Waals surface area contributed by atoms with Gasteiger partial charge in [0.15, 0.2) is 0 Å². The summed E-state index contributed by atoms with van der Waals surface area (Å²) in [5, 5.41) is 12.5. The van der Waals surface area contributed by atoms with Crippen molar-refractivity contribution >= 4 is 40.0 Å². The fourth-order valence-corrected chi connectivity index (χ4v) is 6.98. The summed E-state index contributed by atoms with van der Waals surface area (Å²) in [6, 6.07) is 9.73. The van der Waals surface area contributed by atoms with Crippen LogP contribution in [-0.4, -0.2) is 53.5 Å². The average molecular weight is 517 g/mol. The summed E-state index contributed by atoms with van der Waals surface area (Å²) < 4.78 is 22.4. The molecule has 35 heavy (non-hydrogen) atoms. The molecule has 1 fully saturated rings. The molecule has 1 N–H and O–H groups in total. The quantitative estimate of drug-likeness (QED) is 0.284. The summed E-state index contributed by atoms with van der Waals surface area (Å²) in [5.41, 5.74) is 1.83. The maximum absolute atomic E-state index is 15.8. The maximum atomic E-state index is 15.8. The number of likely N-dealkylation sites (tertiary alicyclic amines) is 1. The molecule has 0 saturated carbocycles. The lowest BCUT2D eigenvalue weighted by Gasteiger charge is -2.41. The van der Waals surface area contributed by atoms with Gasteiger partial charge in [-0.1, -0.05) is 6.07 Å². The molecule has 188 valence electrons. The minimum absolute atomic E-state index is 0.0986. The number of aliphatic carboxylic acids is 1. The molecule has 5 nitrogen and oxygen atoms in total. The summed E-state index contributed by atoms with van der Waals surface area (Å²) in [6.07, 6.45) is 3.08. The van der Waals surface area contributed by atoms with E-state index in [0.29, 0.717) is 24.2 Å². The molecule has 4 rings (SSSR count). The van der Waals surface area contributed by atoms with Crippen LogP contribution in [0.25, 0.3) is 10.9 Å². The number of thioether (sulfide) groups is 1. The van der Waals surface area contributed by atoms with Crippen molar-refractivity contribution in [1.82, 2.24) is 9.88 Å². The van der Waals surface area contributed by atoms with Gasteiger partial charge in [-0.3, -0.25) is 9.78 Å². The zero-order valence-corrected chi connectivity index (χ0v) is 22.0. The molecule has 1 aromatic carbocycles. The number of thiophene rings is 1. The van der Waals surface area contributed by atoms with Crippen LogP contribution in [0.3, 0.4) is 0 Å². The molecule has 0 spiro atoms. The number of rotatable bonds is 11. The topological polar surface area (TPSA) is 62.7 Å². The van der Waals surface area contributed by atoms with E-state index >= 15 is 4.39 Å². The van der Waals surface area contributed by atoms with E-state index in [1.165, 1.54) is 4.21 Å². The lowest BCUT2D eigenvalue weighted by Crippen LogP contribution is -2.42. The maximum Gasteiger partial charge on any atom is 0.303 e. The number of benzene rings is 1. The van der Waals surface area contributed by atoms with Crippen LogP contribution < -0.4 is 4.74 Å². The Morgan fingerprint density at radius 2 is 2.14 bits per heavy atom. The highest BCUT2D eigenvalue weighted by atomic mass is 32.2. The number of carboxylic acids is 1. The predicted octanol–water partition coefficient (Wildman–Crippen LogP) is 6.75. The Balaban J connectivity index is 1.40. The third-order valence-corrected chi connectivity index (χ3v) is 9.26. The fraction of sp³-hybridized carbons (Fsp3) is 0.481. The first-order chi connectivity index (χ1) is 16.9. The fourth-order valence-electron chi connectivity index (χ4n) is 5.12. The normalized spacial score (nSPS) is 16.9. The lowest BCUT2D eigenvalue weighted by molar-refractivity contribution is -0.141. The number of methoxy groups -OCH3 is 1. The molecule has 1 saturated heterocycles. The summed E-state index contributed by atoms with van der Waals surface area (Å²) >= 11 is 3.63. The van der Waals surface area contributed by atoms with Crippen LogP contribution in [0.2, 0.25) is 0 Å². The van der Waals surface area contributed by atoms with Crippen molar-refractivity contribution in [1.29, 1.82) is 0 Å². The van der Waals surface area contributed by atoms with Gasteiger partial charge >= 0.3 is 5.97 Å². The van der Waals surface area contributed by atoms with Crippen molar-refractivity contribution in [2.75, 3.05) is 32.5 Å². The van der Waals surface area contributed by atoms with Gasteiger partial charge in [-0.15, -0.1) is 23.1 Å². The third kappa shape index (κ3) is 6.54. The standard InChI is InChI=1S/C27H33FN2O3S2/c1-19-18-29-23-6-5-20(33-2)16-21(23)26(19)22(28)7-8-27(17-24(31)32)9-11-30(12-10-27)13-15-35-25-4-3-14-34-25/h3-6,14,16,18,22H,7-13,15,17H2,1-2H3,(H,31,32)/t22-/m1/s1. The molecule has 0 amide bonds. The summed E-state index contributed by atoms with van der Waals surface area (Å²) in [5.74, 6) is 0.902. The SMILES string of the molecule is COc1ccc2ncc(C)c([C@H](F)CCC3(CC(=O)O)CCN(CCSc4cccs4)CC3)c2c1. The highest BCUT2D eigenvalue weighted by molar-refractivity contribution is 8.01. The minimum Gasteiger partial charge on any atom is -0.497 e. The van der Waals surface area contributed by atoms with Crippen LogP contribution in [0.1, 0.15) is 49.4 Å². The van der Waals surface area contributed by atoms with E-state index in [2.05, 4.69) is 27.4 Å². The van der Waals surface area contributed by atoms with Crippen LogP contribution in [-0.2, 0) is 4.79 Å². The Kier molecular flexibility index (Phi) is 8.68. The Hall–Kier alpha value is -2.16. The first-order valence-electron chi connectivity index (χ1n) is 12.1. The number of halogens is 1. The molecule has 0 radical (unpaired) electrons. The van der Waals surface area contributed by atoms with Crippen LogP contribution in [0.4, 0.5) is 4.39 Å². The predicted molar refractivity (Wildman–Crippen MR) is 142 cm³/mol. The summed E-state index contributed by atoms with van der Waals surface area (Å²) in [6.45, 7) is 4.60. The van der Waals surface area contributed by atoms with E-state index in [9.17, 15) is 9.90 Å². The molecule has 0 aliphatic carbocycles. The molecule has 0 unspecified atom stereocenters. The second-order valence-electron chi connectivity index (χ2n) is 9.44. The average Bonchev–Trinajstić information content (AvgIpc) is 3.36. The van der Waals surface area contributed by atoms with Crippen LogP contribution in [0, 0.1) is 12.3 Å². The first kappa shape index (κ1) is 25.9. The number of hydrogen-bond acceptors (Lipinski definition) is 6. The molecule has 0 bridgehead atoms. The highest BCUT2D eigenvalue weighted by Crippen LogP contribution is 2.43. The van der Waals surface area contributed by atoms with E-state index in [1.807, 2.05) is 36.9 Å². The van der Waals surface area contributed by atoms with Gasteiger partial charge < -0.3 is 14.7 Å². The number of carboxylic acid groups (broad SMARTS) is 1. The monoisotopic (exact) mass is 516 g/mol. The minimum atomic E-state index is -1.18. The van der Waals surface area contributed by atoms with Gasteiger partial charge in [0.05, 0.1) is 23.3 Å². The number of aromatic nitrogens is 1. The van der Waals surface area contributed by atoms with Gasteiger partial charge in [0, 0.05) is 23.9 Å². The molecule has 3 heterocycles. The zero-order valence-electron chi connectivity index (χ0n) is 20.3. The number of carbonyl (C=O) groups is 1. The molecule has 2 aromatic heterocycles. The third-order valence-electron chi connectivity index (χ3n) is 7.15. The summed E-state index contributed by atoms with van der Waals surface area (Å²) in [4.78, 5) is 18.6. The van der Waals surface area contributed by atoms with Gasteiger partial charge in [-0.25, -0.2) is 4.39 Å². The second kappa shape index (κ2) is 11.7. The Bertz CT molecular complexity index is 1130. The van der Waals surface area contributed by atoms with Gasteiger partial charge in [0.2, 0.25) is 0 Å². The van der Waals surface area contributed by atoms with E-state index in [-0.39, 0.29) is 11.8 Å². The van der Waals surface area contributed by atoms with E-state index in [4.69, 9.17) is 4.74 Å². The Morgan fingerprint density at radius 3 is 2.83 bits per heavy atom. The van der Waals surface area contributed by atoms with E-state index < -0.39 is 12.1 Å². The molecule has 3 aromatic rings. The largest absolute Gasteiger partial charge is 0.497 e. The van der Waals surface area contributed by atoms with Gasteiger partial charge in [0.1, 0.15) is 11.9 Å². The number of pyridine rings is 1. The molecular formula is C27H33FN2O3S2. The lowest BCUT2D eigenvalue weighted by atomic mass is 9.71. The Morgan fingerprint density at radius 1 is 1.34 bits per heavy atom. The van der Waals surface area contributed by atoms with Crippen molar-refractivity contribution in [3.05, 3.63) is 53.0 Å². The summed E-state index contributed by atoms with van der Waals surface area (Å²) in [7, 11) is 1.60. The number of alkyl halides is 1. The van der Waals surface area contributed by atoms with E-state index in [0.717, 1.165) is 54.7 Å².